The van der Waals surface area contributed by atoms with Crippen molar-refractivity contribution >= 4 is 11.7 Å². The number of amides is 2. The quantitative estimate of drug-likeness (QED) is 0.596. The average molecular weight is 362 g/mol. The molecular weight excluding hydrogens is 336 g/mol. The van der Waals surface area contributed by atoms with Gasteiger partial charge in [0.1, 0.15) is 6.61 Å². The monoisotopic (exact) mass is 362 g/mol. The number of terminal acetylenes is 1. The molecule has 0 bridgehead atoms. The molecule has 1 aliphatic rings. The molecule has 0 spiro atoms. The third-order valence-electron chi connectivity index (χ3n) is 4.26. The predicted molar refractivity (Wildman–Crippen MR) is 99.1 cm³/mol. The molecule has 0 aromatic heterocycles. The number of carbonyl (C=O) groups excluding carboxylic acids is 1. The number of nitrogens with zero attached hydrogens (tertiary/aromatic N) is 1. The summed E-state index contributed by atoms with van der Waals surface area (Å²) >= 11 is 0. The predicted octanol–water partition coefficient (Wildman–Crippen LogP) is 2.61. The standard InChI is InChI=1S/C19H26N2O5/c1-5-9-26-13-14-7-6-8-21(12-14)19(22)20-15-10-16(23-2)18(25-4)17(11-15)24-3/h1,10-11,14H,6-9,12-13H2,2-4H3,(H,20,22). The number of piperidine rings is 1. The van der Waals surface area contributed by atoms with Crippen LogP contribution in [0.3, 0.4) is 0 Å². The number of anilines is 1. The summed E-state index contributed by atoms with van der Waals surface area (Å²) in [6.45, 7) is 2.22. The van der Waals surface area contributed by atoms with E-state index < -0.39 is 0 Å². The number of ether oxygens (including phenoxy) is 4. The number of likely N-dealkylation sites (tertiary alicyclic amines) is 1. The summed E-state index contributed by atoms with van der Waals surface area (Å²) in [5, 5.41) is 2.90. The van der Waals surface area contributed by atoms with Crippen LogP contribution < -0.4 is 19.5 Å². The largest absolute Gasteiger partial charge is 0.493 e. The number of urea groups is 1. The Morgan fingerprint density at radius 1 is 1.27 bits per heavy atom. The summed E-state index contributed by atoms with van der Waals surface area (Å²) in [4.78, 5) is 14.4. The Morgan fingerprint density at radius 3 is 2.54 bits per heavy atom. The van der Waals surface area contributed by atoms with E-state index in [9.17, 15) is 4.79 Å². The van der Waals surface area contributed by atoms with Crippen LogP contribution in [0.2, 0.25) is 0 Å². The minimum Gasteiger partial charge on any atom is -0.493 e. The Labute approximate surface area is 154 Å². The van der Waals surface area contributed by atoms with Crippen LogP contribution in [-0.4, -0.2) is 58.6 Å². The van der Waals surface area contributed by atoms with E-state index in [2.05, 4.69) is 11.2 Å². The second kappa shape index (κ2) is 9.78. The van der Waals surface area contributed by atoms with Crippen molar-refractivity contribution in [1.82, 2.24) is 4.90 Å². The first-order valence-corrected chi connectivity index (χ1v) is 8.50. The SMILES string of the molecule is C#CCOCC1CCCN(C(=O)Nc2cc(OC)c(OC)c(OC)c2)C1. The summed E-state index contributed by atoms with van der Waals surface area (Å²) in [5.74, 6) is 4.21. The molecule has 1 unspecified atom stereocenters. The van der Waals surface area contributed by atoms with E-state index >= 15 is 0 Å². The minimum atomic E-state index is -0.166. The zero-order valence-electron chi connectivity index (χ0n) is 15.5. The van der Waals surface area contributed by atoms with Crippen LogP contribution in [0.25, 0.3) is 0 Å². The van der Waals surface area contributed by atoms with Crippen LogP contribution in [0.5, 0.6) is 17.2 Å². The highest BCUT2D eigenvalue weighted by Gasteiger charge is 2.24. The van der Waals surface area contributed by atoms with Crippen molar-refractivity contribution in [3.8, 4) is 29.6 Å². The molecule has 26 heavy (non-hydrogen) atoms. The number of hydrogen-bond acceptors (Lipinski definition) is 5. The van der Waals surface area contributed by atoms with Crippen LogP contribution in [0.1, 0.15) is 12.8 Å². The molecule has 1 heterocycles. The highest BCUT2D eigenvalue weighted by atomic mass is 16.5. The lowest BCUT2D eigenvalue weighted by atomic mass is 9.99. The Bertz CT molecular complexity index is 631. The molecule has 1 saturated heterocycles. The molecule has 1 aliphatic heterocycles. The minimum absolute atomic E-state index is 0.166. The Hall–Kier alpha value is -2.59. The van der Waals surface area contributed by atoms with Crippen molar-refractivity contribution in [3.63, 3.8) is 0 Å². The molecule has 7 heteroatoms. The van der Waals surface area contributed by atoms with Crippen molar-refractivity contribution in [2.75, 3.05) is 52.9 Å². The molecule has 2 amide bonds. The van der Waals surface area contributed by atoms with E-state index in [-0.39, 0.29) is 6.03 Å². The number of rotatable bonds is 7. The first-order valence-electron chi connectivity index (χ1n) is 8.50. The summed E-state index contributed by atoms with van der Waals surface area (Å²) in [6, 6.07) is 3.24. The third-order valence-corrected chi connectivity index (χ3v) is 4.26. The molecule has 1 atom stereocenters. The second-order valence-corrected chi connectivity index (χ2v) is 6.02. The molecule has 1 N–H and O–H groups in total. The van der Waals surface area contributed by atoms with Gasteiger partial charge in [-0.2, -0.15) is 0 Å². The number of hydrogen-bond donors (Lipinski definition) is 1. The lowest BCUT2D eigenvalue weighted by Gasteiger charge is -2.32. The molecule has 1 aromatic carbocycles. The van der Waals surface area contributed by atoms with Crippen LogP contribution in [0.15, 0.2) is 12.1 Å². The molecule has 1 aromatic rings. The topological polar surface area (TPSA) is 69.3 Å². The van der Waals surface area contributed by atoms with Gasteiger partial charge in [-0.05, 0) is 12.8 Å². The number of methoxy groups -OCH3 is 3. The van der Waals surface area contributed by atoms with Gasteiger partial charge in [-0.25, -0.2) is 4.79 Å². The maximum Gasteiger partial charge on any atom is 0.321 e. The fourth-order valence-electron chi connectivity index (χ4n) is 3.03. The fourth-order valence-corrected chi connectivity index (χ4v) is 3.03. The maximum absolute atomic E-state index is 12.6. The molecule has 0 radical (unpaired) electrons. The third kappa shape index (κ3) is 4.96. The molecule has 0 aliphatic carbocycles. The summed E-state index contributed by atoms with van der Waals surface area (Å²) in [7, 11) is 4.61. The number of carbonyl (C=O) groups is 1. The zero-order chi connectivity index (χ0) is 18.9. The van der Waals surface area contributed by atoms with E-state index in [0.717, 1.165) is 12.8 Å². The average Bonchev–Trinajstić information content (AvgIpc) is 2.67. The second-order valence-electron chi connectivity index (χ2n) is 6.02. The van der Waals surface area contributed by atoms with Gasteiger partial charge in [0.05, 0.1) is 33.6 Å². The molecule has 0 saturated carbocycles. The van der Waals surface area contributed by atoms with Crippen molar-refractivity contribution in [2.45, 2.75) is 12.8 Å². The number of benzene rings is 1. The van der Waals surface area contributed by atoms with Crippen LogP contribution in [0, 0.1) is 18.3 Å². The van der Waals surface area contributed by atoms with Gasteiger partial charge in [0.25, 0.3) is 0 Å². The number of nitrogens with one attached hydrogen (secondary N) is 1. The van der Waals surface area contributed by atoms with Gasteiger partial charge in [0.2, 0.25) is 5.75 Å². The van der Waals surface area contributed by atoms with Gasteiger partial charge in [-0.1, -0.05) is 5.92 Å². The summed E-state index contributed by atoms with van der Waals surface area (Å²) in [5.41, 5.74) is 0.579. The van der Waals surface area contributed by atoms with Gasteiger partial charge in [0.15, 0.2) is 11.5 Å². The van der Waals surface area contributed by atoms with Crippen LogP contribution in [-0.2, 0) is 4.74 Å². The highest BCUT2D eigenvalue weighted by molar-refractivity contribution is 5.90. The van der Waals surface area contributed by atoms with Crippen molar-refractivity contribution in [3.05, 3.63) is 12.1 Å². The van der Waals surface area contributed by atoms with E-state index in [1.165, 1.54) is 21.3 Å². The lowest BCUT2D eigenvalue weighted by molar-refractivity contribution is 0.0883. The molecule has 7 nitrogen and oxygen atoms in total. The van der Waals surface area contributed by atoms with Gasteiger partial charge in [-0.15, -0.1) is 6.42 Å². The summed E-state index contributed by atoms with van der Waals surface area (Å²) < 4.78 is 21.3. The Kier molecular flexibility index (Phi) is 7.42. The van der Waals surface area contributed by atoms with E-state index in [1.54, 1.807) is 17.0 Å². The van der Waals surface area contributed by atoms with Gasteiger partial charge in [0, 0.05) is 31.1 Å². The van der Waals surface area contributed by atoms with Crippen LogP contribution >= 0.6 is 0 Å². The van der Waals surface area contributed by atoms with E-state index in [1.807, 2.05) is 0 Å². The van der Waals surface area contributed by atoms with Gasteiger partial charge < -0.3 is 29.2 Å². The fraction of sp³-hybridized carbons (Fsp3) is 0.526. The Balaban J connectivity index is 2.03. The van der Waals surface area contributed by atoms with E-state index in [0.29, 0.717) is 55.2 Å². The van der Waals surface area contributed by atoms with Crippen molar-refractivity contribution in [2.24, 2.45) is 5.92 Å². The lowest BCUT2D eigenvalue weighted by Crippen LogP contribution is -2.43. The first kappa shape index (κ1) is 19.7. The van der Waals surface area contributed by atoms with Crippen molar-refractivity contribution in [1.29, 1.82) is 0 Å². The van der Waals surface area contributed by atoms with Crippen LogP contribution in [0.4, 0.5) is 10.5 Å². The van der Waals surface area contributed by atoms with Gasteiger partial charge in [-0.3, -0.25) is 0 Å². The molecular formula is C19H26N2O5. The molecule has 142 valence electrons. The maximum atomic E-state index is 12.6. The molecule has 2 rings (SSSR count). The zero-order valence-corrected chi connectivity index (χ0v) is 15.5. The normalized spacial score (nSPS) is 16.5. The smallest absolute Gasteiger partial charge is 0.321 e. The van der Waals surface area contributed by atoms with Gasteiger partial charge >= 0.3 is 6.03 Å². The molecule has 1 fully saturated rings. The first-order chi connectivity index (χ1) is 12.6. The van der Waals surface area contributed by atoms with E-state index in [4.69, 9.17) is 25.4 Å². The Morgan fingerprint density at radius 2 is 1.96 bits per heavy atom. The summed E-state index contributed by atoms with van der Waals surface area (Å²) in [6.07, 6.45) is 7.16. The van der Waals surface area contributed by atoms with Crippen molar-refractivity contribution < 1.29 is 23.7 Å². The highest BCUT2D eigenvalue weighted by Crippen LogP contribution is 2.40.